The molecule has 2 rings (SSSR count). The highest BCUT2D eigenvalue weighted by atomic mass is 16.5. The fourth-order valence-electron chi connectivity index (χ4n) is 1.77. The van der Waals surface area contributed by atoms with E-state index < -0.39 is 0 Å². The van der Waals surface area contributed by atoms with Gasteiger partial charge in [0.15, 0.2) is 5.82 Å². The minimum atomic E-state index is 0.490. The van der Waals surface area contributed by atoms with Gasteiger partial charge in [-0.3, -0.25) is 4.98 Å². The van der Waals surface area contributed by atoms with Crippen LogP contribution in [0.4, 0.5) is 11.5 Å². The molecule has 0 aliphatic carbocycles. The van der Waals surface area contributed by atoms with E-state index in [0.717, 1.165) is 18.5 Å². The maximum absolute atomic E-state index is 5.52. The van der Waals surface area contributed by atoms with E-state index in [1.807, 2.05) is 12.1 Å². The molecule has 0 radical (unpaired) electrons. The third-order valence-electron chi connectivity index (χ3n) is 2.69. The molecule has 0 spiro atoms. The first kappa shape index (κ1) is 13.3. The van der Waals surface area contributed by atoms with Crippen LogP contribution in [0.3, 0.4) is 0 Å². The van der Waals surface area contributed by atoms with E-state index in [1.165, 1.54) is 5.56 Å². The summed E-state index contributed by atoms with van der Waals surface area (Å²) in [5.41, 5.74) is 7.76. The molecule has 5 nitrogen and oxygen atoms in total. The van der Waals surface area contributed by atoms with Crippen LogP contribution in [0.5, 0.6) is 5.88 Å². The quantitative estimate of drug-likeness (QED) is 0.830. The fraction of sp³-hybridized carbons (Fsp3) is 0.286. The summed E-state index contributed by atoms with van der Waals surface area (Å²) in [5, 5.41) is 3.21. The molecule has 0 atom stereocenters. The normalized spacial score (nSPS) is 10.2. The van der Waals surface area contributed by atoms with E-state index in [4.69, 9.17) is 10.5 Å². The predicted octanol–water partition coefficient (Wildman–Crippen LogP) is 2.12. The van der Waals surface area contributed by atoms with Crippen LogP contribution in [0.2, 0.25) is 0 Å². The van der Waals surface area contributed by atoms with E-state index in [0.29, 0.717) is 18.2 Å². The Labute approximate surface area is 112 Å². The largest absolute Gasteiger partial charge is 0.480 e. The zero-order valence-electron chi connectivity index (χ0n) is 11.0. The SMILES string of the molecule is COc1cncc(Nc2cccc(CCCN)c2)n1. The third kappa shape index (κ3) is 3.93. The van der Waals surface area contributed by atoms with Gasteiger partial charge in [-0.15, -0.1) is 0 Å². The molecule has 3 N–H and O–H groups in total. The lowest BCUT2D eigenvalue weighted by Crippen LogP contribution is -2.01. The van der Waals surface area contributed by atoms with Crippen LogP contribution in [0, 0.1) is 0 Å². The number of anilines is 2. The Morgan fingerprint density at radius 2 is 2.21 bits per heavy atom. The molecule has 5 heteroatoms. The Bertz CT molecular complexity index is 530. The van der Waals surface area contributed by atoms with E-state index in [2.05, 4.69) is 27.4 Å². The number of hydrogen-bond acceptors (Lipinski definition) is 5. The van der Waals surface area contributed by atoms with Crippen molar-refractivity contribution >= 4 is 11.5 Å². The molecule has 0 saturated heterocycles. The Morgan fingerprint density at radius 3 is 3.00 bits per heavy atom. The minimum absolute atomic E-state index is 0.490. The first-order chi connectivity index (χ1) is 9.31. The molecular formula is C14H18N4O. The van der Waals surface area contributed by atoms with Gasteiger partial charge >= 0.3 is 0 Å². The topological polar surface area (TPSA) is 73.1 Å². The van der Waals surface area contributed by atoms with Gasteiger partial charge in [-0.1, -0.05) is 12.1 Å². The van der Waals surface area contributed by atoms with Crippen LogP contribution in [0.1, 0.15) is 12.0 Å². The number of rotatable bonds is 6. The lowest BCUT2D eigenvalue weighted by molar-refractivity contribution is 0.396. The van der Waals surface area contributed by atoms with Crippen molar-refractivity contribution in [1.82, 2.24) is 9.97 Å². The Kier molecular flexibility index (Phi) is 4.69. The van der Waals surface area contributed by atoms with E-state index in [1.54, 1.807) is 19.5 Å². The van der Waals surface area contributed by atoms with Crippen molar-refractivity contribution in [2.24, 2.45) is 5.73 Å². The van der Waals surface area contributed by atoms with Crippen molar-refractivity contribution in [1.29, 1.82) is 0 Å². The maximum atomic E-state index is 5.52. The minimum Gasteiger partial charge on any atom is -0.480 e. The first-order valence-electron chi connectivity index (χ1n) is 6.24. The van der Waals surface area contributed by atoms with Crippen molar-refractivity contribution in [3.63, 3.8) is 0 Å². The van der Waals surface area contributed by atoms with Gasteiger partial charge < -0.3 is 15.8 Å². The molecule has 0 bridgehead atoms. The molecule has 0 aliphatic rings. The summed E-state index contributed by atoms with van der Waals surface area (Å²) in [7, 11) is 1.57. The molecule has 0 unspecified atom stereocenters. The third-order valence-corrected chi connectivity index (χ3v) is 2.69. The number of aryl methyl sites for hydroxylation is 1. The number of nitrogens with one attached hydrogen (secondary N) is 1. The molecule has 19 heavy (non-hydrogen) atoms. The highest BCUT2D eigenvalue weighted by Gasteiger charge is 2.00. The summed E-state index contributed by atoms with van der Waals surface area (Å²) in [5.74, 6) is 1.15. The molecule has 0 fully saturated rings. The van der Waals surface area contributed by atoms with E-state index >= 15 is 0 Å². The molecule has 100 valence electrons. The summed E-state index contributed by atoms with van der Waals surface area (Å²) in [4.78, 5) is 8.32. The lowest BCUT2D eigenvalue weighted by Gasteiger charge is -2.08. The molecule has 0 amide bonds. The number of nitrogens with zero attached hydrogens (tertiary/aromatic N) is 2. The molecule has 1 aromatic carbocycles. The van der Waals surface area contributed by atoms with Crippen LogP contribution < -0.4 is 15.8 Å². The average Bonchev–Trinajstić information content (AvgIpc) is 2.46. The highest BCUT2D eigenvalue weighted by molar-refractivity contribution is 5.56. The van der Waals surface area contributed by atoms with Crippen LogP contribution in [-0.2, 0) is 6.42 Å². The maximum Gasteiger partial charge on any atom is 0.233 e. The van der Waals surface area contributed by atoms with Crippen molar-refractivity contribution in [3.8, 4) is 5.88 Å². The number of aromatic nitrogens is 2. The number of benzene rings is 1. The first-order valence-corrected chi connectivity index (χ1v) is 6.24. The molecule has 0 saturated carbocycles. The molecule has 1 heterocycles. The second kappa shape index (κ2) is 6.70. The van der Waals surface area contributed by atoms with Gasteiger partial charge in [0, 0.05) is 5.69 Å². The number of hydrogen-bond donors (Lipinski definition) is 2. The van der Waals surface area contributed by atoms with E-state index in [-0.39, 0.29) is 0 Å². The number of nitrogens with two attached hydrogens (primary N) is 1. The highest BCUT2D eigenvalue weighted by Crippen LogP contribution is 2.17. The lowest BCUT2D eigenvalue weighted by atomic mass is 10.1. The summed E-state index contributed by atoms with van der Waals surface area (Å²) >= 11 is 0. The van der Waals surface area contributed by atoms with Crippen LogP contribution in [-0.4, -0.2) is 23.6 Å². The second-order valence-corrected chi connectivity index (χ2v) is 4.16. The van der Waals surface area contributed by atoms with Gasteiger partial charge in [0.1, 0.15) is 0 Å². The fourth-order valence-corrected chi connectivity index (χ4v) is 1.77. The van der Waals surface area contributed by atoms with Crippen molar-refractivity contribution in [3.05, 3.63) is 42.2 Å². The smallest absolute Gasteiger partial charge is 0.233 e. The zero-order valence-corrected chi connectivity index (χ0v) is 11.0. The van der Waals surface area contributed by atoms with Gasteiger partial charge in [0.25, 0.3) is 0 Å². The van der Waals surface area contributed by atoms with Crippen molar-refractivity contribution in [2.45, 2.75) is 12.8 Å². The Morgan fingerprint density at radius 1 is 1.32 bits per heavy atom. The summed E-state index contributed by atoms with van der Waals surface area (Å²) in [6, 6.07) is 8.20. The summed E-state index contributed by atoms with van der Waals surface area (Å²) < 4.78 is 5.04. The monoisotopic (exact) mass is 258 g/mol. The van der Waals surface area contributed by atoms with Gasteiger partial charge in [-0.05, 0) is 37.1 Å². The summed E-state index contributed by atoms with van der Waals surface area (Å²) in [6.07, 6.45) is 5.20. The van der Waals surface area contributed by atoms with Crippen LogP contribution >= 0.6 is 0 Å². The van der Waals surface area contributed by atoms with Crippen molar-refractivity contribution < 1.29 is 4.74 Å². The second-order valence-electron chi connectivity index (χ2n) is 4.16. The van der Waals surface area contributed by atoms with Crippen LogP contribution in [0.25, 0.3) is 0 Å². The Balaban J connectivity index is 2.09. The molecular weight excluding hydrogens is 240 g/mol. The number of ether oxygens (including phenoxy) is 1. The Hall–Kier alpha value is -2.14. The standard InChI is InChI=1S/C14H18N4O/c1-19-14-10-16-9-13(18-14)17-12-6-2-4-11(8-12)5-3-7-15/h2,4,6,8-10H,3,5,7,15H2,1H3,(H,17,18). The van der Waals surface area contributed by atoms with Gasteiger partial charge in [0.2, 0.25) is 5.88 Å². The molecule has 2 aromatic rings. The van der Waals surface area contributed by atoms with E-state index in [9.17, 15) is 0 Å². The van der Waals surface area contributed by atoms with Gasteiger partial charge in [-0.25, -0.2) is 0 Å². The van der Waals surface area contributed by atoms with Crippen LogP contribution in [0.15, 0.2) is 36.7 Å². The predicted molar refractivity (Wildman–Crippen MR) is 75.7 cm³/mol. The van der Waals surface area contributed by atoms with Crippen molar-refractivity contribution in [2.75, 3.05) is 19.0 Å². The molecule has 0 aliphatic heterocycles. The zero-order chi connectivity index (χ0) is 13.5. The average molecular weight is 258 g/mol. The number of methoxy groups -OCH3 is 1. The molecule has 1 aromatic heterocycles. The summed E-state index contributed by atoms with van der Waals surface area (Å²) in [6.45, 7) is 0.707. The van der Waals surface area contributed by atoms with Gasteiger partial charge in [-0.2, -0.15) is 4.98 Å². The van der Waals surface area contributed by atoms with Gasteiger partial charge in [0.05, 0.1) is 19.5 Å².